The molecule has 0 aliphatic carbocycles. The van der Waals surface area contributed by atoms with Gasteiger partial charge >= 0.3 is 0 Å². The largest absolute Gasteiger partial charge is 0.481 e. The van der Waals surface area contributed by atoms with E-state index in [1.807, 2.05) is 12.1 Å². The Labute approximate surface area is 136 Å². The molecular weight excluding hydrogens is 328 g/mol. The second kappa shape index (κ2) is 8.43. The maximum absolute atomic E-state index is 5.59. The summed E-state index contributed by atoms with van der Waals surface area (Å²) in [5.74, 6) is 4.13. The van der Waals surface area contributed by atoms with Crippen LogP contribution < -0.4 is 10.1 Å². The van der Waals surface area contributed by atoms with E-state index in [0.717, 1.165) is 41.3 Å². The summed E-state index contributed by atoms with van der Waals surface area (Å²) in [6.45, 7) is 8.00. The van der Waals surface area contributed by atoms with Crippen LogP contribution in [-0.4, -0.2) is 37.7 Å². The van der Waals surface area contributed by atoms with E-state index in [1.165, 1.54) is 19.5 Å². The van der Waals surface area contributed by atoms with Crippen LogP contribution in [0.5, 0.6) is 5.75 Å². The number of hydrogen-bond donors (Lipinski definition) is 1. The zero-order valence-corrected chi connectivity index (χ0v) is 14.2. The van der Waals surface area contributed by atoms with E-state index in [4.69, 9.17) is 11.2 Å². The maximum Gasteiger partial charge on any atom is 0.148 e. The van der Waals surface area contributed by atoms with Crippen LogP contribution in [-0.2, 0) is 6.54 Å². The number of hydrogen-bond acceptors (Lipinski definition) is 3. The molecule has 1 saturated heterocycles. The van der Waals surface area contributed by atoms with Crippen LogP contribution in [0.3, 0.4) is 0 Å². The van der Waals surface area contributed by atoms with Crippen molar-refractivity contribution in [3.63, 3.8) is 0 Å². The highest BCUT2D eigenvalue weighted by molar-refractivity contribution is 9.10. The molecule has 0 spiro atoms. The SMILES string of the molecule is C#CCOc1ccc(Br)cc1CNCC1CCN(CC)C1. The lowest BCUT2D eigenvalue weighted by Crippen LogP contribution is -2.26. The van der Waals surface area contributed by atoms with Crippen LogP contribution in [0.2, 0.25) is 0 Å². The highest BCUT2D eigenvalue weighted by Crippen LogP contribution is 2.23. The van der Waals surface area contributed by atoms with E-state index in [2.05, 4.69) is 45.1 Å². The van der Waals surface area contributed by atoms with Crippen LogP contribution >= 0.6 is 15.9 Å². The highest BCUT2D eigenvalue weighted by atomic mass is 79.9. The Balaban J connectivity index is 1.84. The molecule has 21 heavy (non-hydrogen) atoms. The number of nitrogens with zero attached hydrogens (tertiary/aromatic N) is 1. The summed E-state index contributed by atoms with van der Waals surface area (Å²) in [6.07, 6.45) is 6.55. The van der Waals surface area contributed by atoms with Crippen LogP contribution in [0.4, 0.5) is 0 Å². The molecule has 1 N–H and O–H groups in total. The van der Waals surface area contributed by atoms with Gasteiger partial charge in [0.05, 0.1) is 0 Å². The van der Waals surface area contributed by atoms with Crippen molar-refractivity contribution in [2.75, 3.05) is 32.8 Å². The van der Waals surface area contributed by atoms with Gasteiger partial charge in [0.1, 0.15) is 12.4 Å². The van der Waals surface area contributed by atoms with Crippen LogP contribution in [0.1, 0.15) is 18.9 Å². The molecule has 1 aromatic carbocycles. The molecule has 1 atom stereocenters. The van der Waals surface area contributed by atoms with Gasteiger partial charge in [0.2, 0.25) is 0 Å². The molecule has 1 heterocycles. The molecule has 1 aromatic rings. The Bertz CT molecular complexity index is 498. The van der Waals surface area contributed by atoms with Gasteiger partial charge in [-0.15, -0.1) is 6.42 Å². The first kappa shape index (κ1) is 16.4. The Hall–Kier alpha value is -1.02. The van der Waals surface area contributed by atoms with Gasteiger partial charge < -0.3 is 15.0 Å². The van der Waals surface area contributed by atoms with E-state index in [-0.39, 0.29) is 0 Å². The third-order valence-electron chi connectivity index (χ3n) is 3.90. The van der Waals surface area contributed by atoms with E-state index < -0.39 is 0 Å². The fourth-order valence-electron chi connectivity index (χ4n) is 2.72. The summed E-state index contributed by atoms with van der Waals surface area (Å²) in [7, 11) is 0. The van der Waals surface area contributed by atoms with Gasteiger partial charge in [-0.1, -0.05) is 28.8 Å². The zero-order chi connectivity index (χ0) is 15.1. The predicted octanol–water partition coefficient (Wildman–Crippen LogP) is 2.89. The fourth-order valence-corrected chi connectivity index (χ4v) is 3.13. The molecule has 0 radical (unpaired) electrons. The summed E-state index contributed by atoms with van der Waals surface area (Å²) in [6, 6.07) is 6.03. The second-order valence-electron chi connectivity index (χ2n) is 5.42. The third kappa shape index (κ3) is 5.03. The number of nitrogens with one attached hydrogen (secondary N) is 1. The Morgan fingerprint density at radius 3 is 3.10 bits per heavy atom. The molecule has 0 saturated carbocycles. The van der Waals surface area contributed by atoms with Crippen molar-refractivity contribution >= 4 is 15.9 Å². The molecule has 114 valence electrons. The lowest BCUT2D eigenvalue weighted by molar-refractivity contribution is 0.338. The zero-order valence-electron chi connectivity index (χ0n) is 12.6. The monoisotopic (exact) mass is 350 g/mol. The smallest absolute Gasteiger partial charge is 0.148 e. The molecule has 0 bridgehead atoms. The van der Waals surface area contributed by atoms with Crippen molar-refractivity contribution in [1.29, 1.82) is 0 Å². The number of halogens is 1. The van der Waals surface area contributed by atoms with Gasteiger partial charge in [-0.2, -0.15) is 0 Å². The molecular formula is C17H23BrN2O. The summed E-state index contributed by atoms with van der Waals surface area (Å²) >= 11 is 3.51. The van der Waals surface area contributed by atoms with E-state index in [1.54, 1.807) is 0 Å². The second-order valence-corrected chi connectivity index (χ2v) is 6.34. The first-order valence-corrected chi connectivity index (χ1v) is 8.30. The van der Waals surface area contributed by atoms with Gasteiger partial charge in [0.15, 0.2) is 0 Å². The third-order valence-corrected chi connectivity index (χ3v) is 4.39. The van der Waals surface area contributed by atoms with Crippen molar-refractivity contribution in [3.05, 3.63) is 28.2 Å². The summed E-state index contributed by atoms with van der Waals surface area (Å²) in [5, 5.41) is 3.55. The van der Waals surface area contributed by atoms with Crippen molar-refractivity contribution in [3.8, 4) is 18.1 Å². The van der Waals surface area contributed by atoms with Crippen molar-refractivity contribution in [2.45, 2.75) is 19.9 Å². The minimum Gasteiger partial charge on any atom is -0.481 e. The average Bonchev–Trinajstić information content (AvgIpc) is 2.94. The average molecular weight is 351 g/mol. The van der Waals surface area contributed by atoms with Gasteiger partial charge in [0.25, 0.3) is 0 Å². The molecule has 1 fully saturated rings. The fraction of sp³-hybridized carbons (Fsp3) is 0.529. The summed E-state index contributed by atoms with van der Waals surface area (Å²) in [4.78, 5) is 2.51. The first-order valence-electron chi connectivity index (χ1n) is 7.50. The molecule has 0 amide bonds. The van der Waals surface area contributed by atoms with Crippen LogP contribution in [0.25, 0.3) is 0 Å². The molecule has 1 aliphatic rings. The van der Waals surface area contributed by atoms with Gasteiger partial charge in [-0.05, 0) is 50.2 Å². The lowest BCUT2D eigenvalue weighted by atomic mass is 10.1. The summed E-state index contributed by atoms with van der Waals surface area (Å²) < 4.78 is 6.65. The van der Waals surface area contributed by atoms with E-state index in [0.29, 0.717) is 6.61 Å². The molecule has 2 rings (SSSR count). The first-order chi connectivity index (χ1) is 10.2. The molecule has 1 unspecified atom stereocenters. The van der Waals surface area contributed by atoms with E-state index >= 15 is 0 Å². The number of terminal acetylenes is 1. The highest BCUT2D eigenvalue weighted by Gasteiger charge is 2.20. The van der Waals surface area contributed by atoms with Crippen molar-refractivity contribution in [2.24, 2.45) is 5.92 Å². The maximum atomic E-state index is 5.59. The van der Waals surface area contributed by atoms with Gasteiger partial charge in [-0.25, -0.2) is 0 Å². The minimum absolute atomic E-state index is 0.308. The minimum atomic E-state index is 0.308. The van der Waals surface area contributed by atoms with Gasteiger partial charge in [-0.3, -0.25) is 0 Å². The van der Waals surface area contributed by atoms with E-state index in [9.17, 15) is 0 Å². The van der Waals surface area contributed by atoms with Crippen molar-refractivity contribution < 1.29 is 4.74 Å². The van der Waals surface area contributed by atoms with Crippen molar-refractivity contribution in [1.82, 2.24) is 10.2 Å². The Morgan fingerprint density at radius 2 is 2.38 bits per heavy atom. The number of likely N-dealkylation sites (tertiary alicyclic amines) is 1. The lowest BCUT2D eigenvalue weighted by Gasteiger charge is -2.15. The molecule has 0 aromatic heterocycles. The number of ether oxygens (including phenoxy) is 1. The quantitative estimate of drug-likeness (QED) is 0.765. The standard InChI is InChI=1S/C17H23BrN2O/c1-3-9-21-17-6-5-16(18)10-15(17)12-19-11-14-7-8-20(4-2)13-14/h1,5-6,10,14,19H,4,7-9,11-13H2,2H3. The Morgan fingerprint density at radius 1 is 1.52 bits per heavy atom. The van der Waals surface area contributed by atoms with Crippen LogP contribution in [0, 0.1) is 18.3 Å². The van der Waals surface area contributed by atoms with Gasteiger partial charge in [0, 0.05) is 23.1 Å². The molecule has 1 aliphatic heterocycles. The summed E-state index contributed by atoms with van der Waals surface area (Å²) in [5.41, 5.74) is 1.14. The topological polar surface area (TPSA) is 24.5 Å². The molecule has 3 nitrogen and oxygen atoms in total. The van der Waals surface area contributed by atoms with Crippen LogP contribution in [0.15, 0.2) is 22.7 Å². The Kier molecular flexibility index (Phi) is 6.56. The molecule has 4 heteroatoms. The number of benzene rings is 1. The predicted molar refractivity (Wildman–Crippen MR) is 90.4 cm³/mol. The number of rotatable bonds is 7. The normalized spacial score (nSPS) is 18.6.